The molecule has 0 radical (unpaired) electrons. The van der Waals surface area contributed by atoms with Crippen molar-refractivity contribution >= 4 is 37.1 Å². The second-order valence-corrected chi connectivity index (χ2v) is 21.3. The molecule has 2 aliphatic carbocycles. The highest BCUT2D eigenvalue weighted by Gasteiger charge is 2.42. The van der Waals surface area contributed by atoms with Gasteiger partial charge in [0, 0.05) is 12.1 Å². The number of benzene rings is 6. The molecule has 286 valence electrons. The third kappa shape index (κ3) is 8.37. The summed E-state index contributed by atoms with van der Waals surface area (Å²) in [5, 5.41) is 6.03. The molecular weight excluding hydrogens is 715 g/mol. The van der Waals surface area contributed by atoms with Crippen LogP contribution in [0.25, 0.3) is 11.1 Å². The van der Waals surface area contributed by atoms with Crippen molar-refractivity contribution in [3.63, 3.8) is 0 Å². The van der Waals surface area contributed by atoms with E-state index in [1.54, 1.807) is 0 Å². The first-order valence-corrected chi connectivity index (χ1v) is 23.6. The van der Waals surface area contributed by atoms with E-state index in [9.17, 15) is 0 Å². The van der Waals surface area contributed by atoms with Crippen LogP contribution in [0.5, 0.6) is 0 Å². The molecule has 3 unspecified atom stereocenters. The Labute approximate surface area is 339 Å². The summed E-state index contributed by atoms with van der Waals surface area (Å²) in [6.45, 7) is 0. The normalized spacial score (nSPS) is 21.4. The summed E-state index contributed by atoms with van der Waals surface area (Å²) in [5.41, 5.74) is 6.81. The van der Waals surface area contributed by atoms with Gasteiger partial charge in [0.1, 0.15) is 0 Å². The van der Waals surface area contributed by atoms with E-state index in [1.165, 1.54) is 82.0 Å². The summed E-state index contributed by atoms with van der Waals surface area (Å²) in [6, 6.07) is 65.6. The highest BCUT2D eigenvalue weighted by atomic mass is 31.1. The van der Waals surface area contributed by atoms with Gasteiger partial charge in [-0.2, -0.15) is 0 Å². The fourth-order valence-corrected chi connectivity index (χ4v) is 16.8. The summed E-state index contributed by atoms with van der Waals surface area (Å²) in [4.78, 5) is 5.00. The minimum Gasteiger partial charge on any atom is -0.302 e. The minimum absolute atomic E-state index is 0.352. The van der Waals surface area contributed by atoms with Crippen LogP contribution in [-0.4, -0.2) is 49.3 Å². The summed E-state index contributed by atoms with van der Waals surface area (Å²) >= 11 is 0. The van der Waals surface area contributed by atoms with Crippen LogP contribution in [0.1, 0.15) is 61.7 Å². The molecule has 2 fully saturated rings. The molecule has 0 aliphatic heterocycles. The van der Waals surface area contributed by atoms with Gasteiger partial charge in [0.25, 0.3) is 0 Å². The molecule has 0 heterocycles. The molecule has 0 spiro atoms. The van der Waals surface area contributed by atoms with Gasteiger partial charge < -0.3 is 9.80 Å². The van der Waals surface area contributed by atoms with E-state index in [0.29, 0.717) is 35.2 Å². The zero-order valence-corrected chi connectivity index (χ0v) is 35.5. The maximum atomic E-state index is 2.56. The molecule has 6 aromatic carbocycles. The minimum atomic E-state index is -0.574. The first-order chi connectivity index (χ1) is 27.5. The molecule has 0 bridgehead atoms. The molecule has 0 N–H and O–H groups in total. The van der Waals surface area contributed by atoms with Crippen LogP contribution in [0.15, 0.2) is 170 Å². The Kier molecular flexibility index (Phi) is 12.6. The van der Waals surface area contributed by atoms with Gasteiger partial charge in [-0.05, 0) is 148 Å². The Morgan fingerprint density at radius 3 is 1.25 bits per heavy atom. The molecule has 2 aliphatic rings. The van der Waals surface area contributed by atoms with Gasteiger partial charge in [0.05, 0.1) is 0 Å². The summed E-state index contributed by atoms with van der Waals surface area (Å²) in [7, 11) is 8.12. The van der Waals surface area contributed by atoms with E-state index >= 15 is 0 Å². The summed E-state index contributed by atoms with van der Waals surface area (Å²) in [5.74, 6) is 1.18. The van der Waals surface area contributed by atoms with E-state index in [1.807, 2.05) is 0 Å². The van der Waals surface area contributed by atoms with Gasteiger partial charge in [0.2, 0.25) is 0 Å². The van der Waals surface area contributed by atoms with Crippen LogP contribution in [0.2, 0.25) is 0 Å². The molecule has 6 aromatic rings. The average Bonchev–Trinajstić information content (AvgIpc) is 3.90. The van der Waals surface area contributed by atoms with Crippen LogP contribution < -0.4 is 21.2 Å². The van der Waals surface area contributed by atoms with Crippen molar-refractivity contribution in [3.8, 4) is 11.1 Å². The van der Waals surface area contributed by atoms with Crippen molar-refractivity contribution in [1.82, 2.24) is 9.80 Å². The number of hydrogen-bond donors (Lipinski definition) is 0. The molecule has 0 saturated heterocycles. The van der Waals surface area contributed by atoms with Crippen molar-refractivity contribution in [3.05, 3.63) is 181 Å². The van der Waals surface area contributed by atoms with Gasteiger partial charge in [-0.1, -0.05) is 171 Å². The predicted molar refractivity (Wildman–Crippen MR) is 245 cm³/mol. The Morgan fingerprint density at radius 1 is 0.393 bits per heavy atom. The molecule has 8 rings (SSSR count). The fraction of sp³-hybridized carbons (Fsp3) is 0.308. The van der Waals surface area contributed by atoms with Gasteiger partial charge >= 0.3 is 0 Å². The van der Waals surface area contributed by atoms with E-state index < -0.39 is 15.8 Å². The number of rotatable bonds is 13. The zero-order chi connectivity index (χ0) is 38.4. The Bertz CT molecular complexity index is 2080. The van der Waals surface area contributed by atoms with Crippen LogP contribution in [0.3, 0.4) is 0 Å². The lowest BCUT2D eigenvalue weighted by atomic mass is 9.89. The third-order valence-electron chi connectivity index (χ3n) is 12.6. The quantitative estimate of drug-likeness (QED) is 0.108. The van der Waals surface area contributed by atoms with Crippen molar-refractivity contribution < 1.29 is 0 Å². The Hall–Kier alpha value is -3.90. The number of hydrogen-bond acceptors (Lipinski definition) is 2. The second-order valence-electron chi connectivity index (χ2n) is 16.5. The van der Waals surface area contributed by atoms with Crippen molar-refractivity contribution in [2.45, 2.75) is 61.9 Å². The smallest absolute Gasteiger partial charge is 0.0376 e. The largest absolute Gasteiger partial charge is 0.302 e. The van der Waals surface area contributed by atoms with E-state index in [2.05, 4.69) is 208 Å². The van der Waals surface area contributed by atoms with Crippen LogP contribution in [0, 0.1) is 11.8 Å². The van der Waals surface area contributed by atoms with Gasteiger partial charge in [-0.15, -0.1) is 0 Å². The van der Waals surface area contributed by atoms with Crippen molar-refractivity contribution in [2.75, 3.05) is 28.2 Å². The predicted octanol–water partition coefficient (Wildman–Crippen LogP) is 11.2. The number of nitrogens with zero attached hydrogens (tertiary/aromatic N) is 2. The van der Waals surface area contributed by atoms with Crippen molar-refractivity contribution in [2.24, 2.45) is 11.8 Å². The molecule has 7 atom stereocenters. The third-order valence-corrected chi connectivity index (χ3v) is 18.6. The second kappa shape index (κ2) is 18.1. The highest BCUT2D eigenvalue weighted by molar-refractivity contribution is 7.74. The van der Waals surface area contributed by atoms with E-state index in [4.69, 9.17) is 0 Å². The maximum absolute atomic E-state index is 2.56. The molecule has 0 amide bonds. The Balaban J connectivity index is 1.14. The lowest BCUT2D eigenvalue weighted by Gasteiger charge is -2.38. The monoisotopic (exact) mass is 772 g/mol. The standard InChI is InChI=1S/C52H58N2P2/c1-53(2)51(39-21-9-5-10-22-39)47-33-19-36-50(47)56(45-30-15-8-16-31-45)46-32-18-24-41(38-46)40-23-17-25-42(37-40)52(54(3)4)48-34-20-35-49(48)55(43-26-11-6-12-27-43)44-28-13-7-14-29-44/h5-18,21-32,37-38,47-52H,19-20,33-36H2,1-4H3/t47-,48?,49?,50?,51+,52+,56+/m1/s1. The van der Waals surface area contributed by atoms with E-state index in [-0.39, 0.29) is 0 Å². The van der Waals surface area contributed by atoms with Crippen LogP contribution in [-0.2, 0) is 0 Å². The first-order valence-electron chi connectivity index (χ1n) is 20.8. The lowest BCUT2D eigenvalue weighted by molar-refractivity contribution is 0.217. The summed E-state index contributed by atoms with van der Waals surface area (Å²) in [6.07, 6.45) is 7.71. The lowest BCUT2D eigenvalue weighted by Crippen LogP contribution is -2.34. The maximum Gasteiger partial charge on any atom is 0.0376 e. The molecule has 2 nitrogen and oxygen atoms in total. The SMILES string of the molecule is CN(C)[C@@H](c1cccc(-c2cccc([P@](c3ccccc3)C3CCC[C@H]3[C@H](c3ccccc3)N(C)C)c2)c1)C1CCCC1P(c1ccccc1)c1ccccc1. The van der Waals surface area contributed by atoms with Gasteiger partial charge in [0.15, 0.2) is 0 Å². The molecular formula is C52H58N2P2. The summed E-state index contributed by atoms with van der Waals surface area (Å²) < 4.78 is 0. The average molecular weight is 773 g/mol. The van der Waals surface area contributed by atoms with Crippen LogP contribution >= 0.6 is 15.8 Å². The van der Waals surface area contributed by atoms with Crippen molar-refractivity contribution in [1.29, 1.82) is 0 Å². The molecule has 2 saturated carbocycles. The topological polar surface area (TPSA) is 6.48 Å². The molecule has 0 aromatic heterocycles. The first kappa shape index (κ1) is 38.9. The fourth-order valence-electron chi connectivity index (χ4n) is 10.4. The molecule has 56 heavy (non-hydrogen) atoms. The van der Waals surface area contributed by atoms with E-state index in [0.717, 1.165) is 0 Å². The highest BCUT2D eigenvalue weighted by Crippen LogP contribution is 2.56. The zero-order valence-electron chi connectivity index (χ0n) is 33.7. The van der Waals surface area contributed by atoms with Crippen LogP contribution in [0.4, 0.5) is 0 Å². The molecule has 4 heteroatoms. The van der Waals surface area contributed by atoms with Gasteiger partial charge in [-0.3, -0.25) is 0 Å². The Morgan fingerprint density at radius 2 is 0.768 bits per heavy atom. The van der Waals surface area contributed by atoms with Gasteiger partial charge in [-0.25, -0.2) is 0 Å².